The number of carbonyl (C=O) groups excluding carboxylic acids is 1. The molecule has 2 aliphatic heterocycles. The van der Waals surface area contributed by atoms with E-state index in [2.05, 4.69) is 15.2 Å². The summed E-state index contributed by atoms with van der Waals surface area (Å²) in [5, 5.41) is 7.68. The molecule has 4 heterocycles. The van der Waals surface area contributed by atoms with Crippen LogP contribution in [0, 0.1) is 0 Å². The van der Waals surface area contributed by atoms with Gasteiger partial charge in [0.1, 0.15) is 5.60 Å². The lowest BCUT2D eigenvalue weighted by Crippen LogP contribution is -2.49. The first kappa shape index (κ1) is 20.4. The van der Waals surface area contributed by atoms with E-state index in [1.165, 1.54) is 29.7 Å². The van der Waals surface area contributed by atoms with Gasteiger partial charge in [-0.2, -0.15) is 5.10 Å². The number of nitrogens with one attached hydrogen (secondary N) is 1. The molecule has 31 heavy (non-hydrogen) atoms. The number of nitrogens with zero attached hydrogens (tertiary/aromatic N) is 5. The molecular weight excluding hydrogens is 392 g/mol. The number of fused-ring (bicyclic) bond motifs is 3. The summed E-state index contributed by atoms with van der Waals surface area (Å²) >= 11 is 0. The smallest absolute Gasteiger partial charge is 0.225 e. The molecule has 1 spiro atoms. The largest absolute Gasteiger partial charge is 0.368 e. The lowest BCUT2D eigenvalue weighted by molar-refractivity contribution is -0.141. The van der Waals surface area contributed by atoms with Gasteiger partial charge >= 0.3 is 0 Å². The highest BCUT2D eigenvalue weighted by molar-refractivity contribution is 5.76. The minimum absolute atomic E-state index is 0.218. The highest BCUT2D eigenvalue weighted by Gasteiger charge is 2.43. The molecule has 0 bridgehead atoms. The van der Waals surface area contributed by atoms with E-state index in [1.807, 2.05) is 30.1 Å². The molecule has 0 aromatic carbocycles. The zero-order valence-corrected chi connectivity index (χ0v) is 18.6. The molecule has 1 saturated heterocycles. The number of aryl methyl sites for hydroxylation is 2. The molecule has 1 aliphatic carbocycles. The van der Waals surface area contributed by atoms with Gasteiger partial charge in [0.05, 0.1) is 18.0 Å². The third kappa shape index (κ3) is 3.82. The maximum Gasteiger partial charge on any atom is 0.225 e. The van der Waals surface area contributed by atoms with E-state index in [1.54, 1.807) is 0 Å². The zero-order valence-electron chi connectivity index (χ0n) is 18.6. The quantitative estimate of drug-likeness (QED) is 0.809. The van der Waals surface area contributed by atoms with Gasteiger partial charge < -0.3 is 14.5 Å². The van der Waals surface area contributed by atoms with Gasteiger partial charge in [0.2, 0.25) is 11.9 Å². The van der Waals surface area contributed by atoms with Crippen LogP contribution in [0.1, 0.15) is 60.3 Å². The number of hydrogen-bond donors (Lipinski definition) is 1. The Morgan fingerprint density at radius 1 is 1.23 bits per heavy atom. The summed E-state index contributed by atoms with van der Waals surface area (Å²) in [6.45, 7) is 2.10. The molecule has 1 amide bonds. The molecular formula is C23H32N6O2. The standard InChI is InChI=1S/C23H32N6O2/c1-28(2)22-24-15-16-9-14-31-23(21(16)25-22)10-12-29(13-11-23)20(30)8-7-19-17-5-3-4-6-18(17)26-27-19/h15H,3-14H2,1-2H3,(H,26,27). The number of H-pyrrole nitrogens is 1. The molecule has 0 saturated carbocycles. The van der Waals surface area contributed by atoms with Crippen molar-refractivity contribution < 1.29 is 9.53 Å². The van der Waals surface area contributed by atoms with Crippen molar-refractivity contribution in [2.45, 2.75) is 63.4 Å². The predicted octanol–water partition coefficient (Wildman–Crippen LogP) is 2.17. The first-order valence-electron chi connectivity index (χ1n) is 11.6. The van der Waals surface area contributed by atoms with Crippen molar-refractivity contribution in [3.63, 3.8) is 0 Å². The summed E-state index contributed by atoms with van der Waals surface area (Å²) in [4.78, 5) is 26.2. The Labute approximate surface area is 183 Å². The Morgan fingerprint density at radius 3 is 2.84 bits per heavy atom. The van der Waals surface area contributed by atoms with E-state index in [0.717, 1.165) is 49.9 Å². The average molecular weight is 425 g/mol. The Kier molecular flexibility index (Phi) is 5.42. The molecule has 2 aromatic heterocycles. The van der Waals surface area contributed by atoms with Crippen LogP contribution in [-0.2, 0) is 40.8 Å². The highest BCUT2D eigenvalue weighted by Crippen LogP contribution is 2.41. The van der Waals surface area contributed by atoms with Crippen LogP contribution in [0.2, 0.25) is 0 Å². The first-order chi connectivity index (χ1) is 15.1. The van der Waals surface area contributed by atoms with Crippen LogP contribution in [0.5, 0.6) is 0 Å². The maximum absolute atomic E-state index is 12.9. The van der Waals surface area contributed by atoms with E-state index in [4.69, 9.17) is 9.72 Å². The van der Waals surface area contributed by atoms with Gasteiger partial charge in [0, 0.05) is 51.9 Å². The SMILES string of the molecule is CN(C)c1ncc2c(n1)C1(CCN(C(=O)CCc3n[nH]c4c3CCCC4)CC1)OCC2. The minimum Gasteiger partial charge on any atom is -0.368 e. The maximum atomic E-state index is 12.9. The summed E-state index contributed by atoms with van der Waals surface area (Å²) < 4.78 is 6.32. The summed E-state index contributed by atoms with van der Waals surface area (Å²) in [5.74, 6) is 0.930. The first-order valence-corrected chi connectivity index (χ1v) is 11.6. The van der Waals surface area contributed by atoms with E-state index >= 15 is 0 Å². The van der Waals surface area contributed by atoms with E-state index in [9.17, 15) is 4.79 Å². The van der Waals surface area contributed by atoms with Crippen LogP contribution >= 0.6 is 0 Å². The van der Waals surface area contributed by atoms with Crippen LogP contribution in [0.4, 0.5) is 5.95 Å². The highest BCUT2D eigenvalue weighted by atomic mass is 16.5. The lowest BCUT2D eigenvalue weighted by atomic mass is 9.83. The lowest BCUT2D eigenvalue weighted by Gasteiger charge is -2.44. The summed E-state index contributed by atoms with van der Waals surface area (Å²) in [7, 11) is 3.91. The Balaban J connectivity index is 1.23. The van der Waals surface area contributed by atoms with Crippen molar-refractivity contribution in [2.75, 3.05) is 38.7 Å². The van der Waals surface area contributed by atoms with Gasteiger partial charge in [-0.15, -0.1) is 0 Å². The van der Waals surface area contributed by atoms with Crippen molar-refractivity contribution in [3.8, 4) is 0 Å². The van der Waals surface area contributed by atoms with Gasteiger partial charge in [-0.3, -0.25) is 9.89 Å². The number of rotatable bonds is 4. The predicted molar refractivity (Wildman–Crippen MR) is 117 cm³/mol. The Hall–Kier alpha value is -2.48. The van der Waals surface area contributed by atoms with Crippen molar-refractivity contribution in [1.82, 2.24) is 25.1 Å². The number of hydrogen-bond acceptors (Lipinski definition) is 6. The molecule has 8 heteroatoms. The fourth-order valence-electron chi connectivity index (χ4n) is 5.25. The van der Waals surface area contributed by atoms with E-state index in [-0.39, 0.29) is 11.5 Å². The molecule has 8 nitrogen and oxygen atoms in total. The molecule has 1 fully saturated rings. The van der Waals surface area contributed by atoms with Gasteiger partial charge in [-0.05, 0) is 56.1 Å². The third-order valence-corrected chi connectivity index (χ3v) is 7.07. The number of aromatic nitrogens is 4. The van der Waals surface area contributed by atoms with Gasteiger partial charge in [-0.25, -0.2) is 9.97 Å². The fourth-order valence-corrected chi connectivity index (χ4v) is 5.25. The van der Waals surface area contributed by atoms with E-state index in [0.29, 0.717) is 32.1 Å². The summed E-state index contributed by atoms with van der Waals surface area (Å²) in [6, 6.07) is 0. The number of amides is 1. The number of anilines is 1. The molecule has 0 atom stereocenters. The van der Waals surface area contributed by atoms with Gasteiger partial charge in [0.15, 0.2) is 0 Å². The average Bonchev–Trinajstić information content (AvgIpc) is 3.21. The monoisotopic (exact) mass is 424 g/mol. The molecule has 3 aliphatic rings. The van der Waals surface area contributed by atoms with E-state index < -0.39 is 0 Å². The second-order valence-electron chi connectivity index (χ2n) is 9.25. The number of carbonyl (C=O) groups is 1. The number of piperidine rings is 1. The second-order valence-corrected chi connectivity index (χ2v) is 9.25. The molecule has 5 rings (SSSR count). The topological polar surface area (TPSA) is 87.2 Å². The Morgan fingerprint density at radius 2 is 2.03 bits per heavy atom. The van der Waals surface area contributed by atoms with Crippen molar-refractivity contribution >= 4 is 11.9 Å². The summed E-state index contributed by atoms with van der Waals surface area (Å²) in [6.07, 6.45) is 10.3. The van der Waals surface area contributed by atoms with Crippen LogP contribution < -0.4 is 4.90 Å². The van der Waals surface area contributed by atoms with Crippen LogP contribution in [0.15, 0.2) is 6.20 Å². The molecule has 166 valence electrons. The molecule has 0 unspecified atom stereocenters. The Bertz CT molecular complexity index is 961. The van der Waals surface area contributed by atoms with Gasteiger partial charge in [0.25, 0.3) is 0 Å². The third-order valence-electron chi connectivity index (χ3n) is 7.07. The van der Waals surface area contributed by atoms with Crippen LogP contribution in [-0.4, -0.2) is 64.8 Å². The second kappa shape index (κ2) is 8.22. The van der Waals surface area contributed by atoms with Gasteiger partial charge in [-0.1, -0.05) is 0 Å². The fraction of sp³-hybridized carbons (Fsp3) is 0.652. The normalized spacial score (nSPS) is 19.7. The van der Waals surface area contributed by atoms with Crippen LogP contribution in [0.3, 0.4) is 0 Å². The van der Waals surface area contributed by atoms with Crippen molar-refractivity contribution in [2.24, 2.45) is 0 Å². The number of ether oxygens (including phenoxy) is 1. The molecule has 0 radical (unpaired) electrons. The summed E-state index contributed by atoms with van der Waals surface area (Å²) in [5.41, 5.74) is 5.54. The van der Waals surface area contributed by atoms with Crippen LogP contribution in [0.25, 0.3) is 0 Å². The molecule has 2 aromatic rings. The van der Waals surface area contributed by atoms with Crippen molar-refractivity contribution in [3.05, 3.63) is 34.4 Å². The van der Waals surface area contributed by atoms with Crippen molar-refractivity contribution in [1.29, 1.82) is 0 Å². The number of likely N-dealkylation sites (tertiary alicyclic amines) is 1. The number of aromatic amines is 1. The molecule has 1 N–H and O–H groups in total. The minimum atomic E-state index is -0.390. The zero-order chi connectivity index (χ0) is 21.4.